The summed E-state index contributed by atoms with van der Waals surface area (Å²) in [7, 11) is 0. The minimum Gasteiger partial charge on any atom is -0.368 e. The minimum atomic E-state index is 0.363. The molecule has 0 radical (unpaired) electrons. The first-order chi connectivity index (χ1) is 9.22. The van der Waals surface area contributed by atoms with Gasteiger partial charge in [-0.3, -0.25) is 0 Å². The third-order valence-electron chi connectivity index (χ3n) is 4.01. The molecule has 1 aliphatic carbocycles. The van der Waals surface area contributed by atoms with Crippen molar-refractivity contribution >= 4 is 17.7 Å². The van der Waals surface area contributed by atoms with Crippen molar-refractivity contribution in [3.8, 4) is 0 Å². The van der Waals surface area contributed by atoms with Crippen LogP contribution in [0.5, 0.6) is 0 Å². The van der Waals surface area contributed by atoms with E-state index in [4.69, 9.17) is 5.73 Å². The fraction of sp³-hybridized carbons (Fsp3) is 0.786. The largest absolute Gasteiger partial charge is 0.368 e. The molecule has 1 saturated carbocycles. The van der Waals surface area contributed by atoms with Gasteiger partial charge in [0.1, 0.15) is 5.82 Å². The molecule has 0 saturated heterocycles. The Labute approximate surface area is 120 Å². The third kappa shape index (κ3) is 4.06. The van der Waals surface area contributed by atoms with Crippen molar-refractivity contribution in [3.05, 3.63) is 5.82 Å². The van der Waals surface area contributed by atoms with Gasteiger partial charge in [0.15, 0.2) is 5.16 Å². The van der Waals surface area contributed by atoms with Crippen LogP contribution in [0.4, 0.5) is 5.95 Å². The van der Waals surface area contributed by atoms with Crippen molar-refractivity contribution in [1.29, 1.82) is 0 Å². The Balaban J connectivity index is 1.95. The molecule has 19 heavy (non-hydrogen) atoms. The second-order valence-electron chi connectivity index (χ2n) is 5.40. The number of unbranched alkanes of at least 4 members (excludes halogenated alkanes) is 1. The van der Waals surface area contributed by atoms with Gasteiger partial charge in [-0.25, -0.2) is 4.98 Å². The van der Waals surface area contributed by atoms with Crippen LogP contribution in [0, 0.1) is 5.92 Å². The van der Waals surface area contributed by atoms with Crippen molar-refractivity contribution in [1.82, 2.24) is 15.0 Å². The second kappa shape index (κ2) is 7.08. The monoisotopic (exact) mass is 280 g/mol. The van der Waals surface area contributed by atoms with Gasteiger partial charge in [0.05, 0.1) is 0 Å². The van der Waals surface area contributed by atoms with Gasteiger partial charge in [-0.2, -0.15) is 9.97 Å². The van der Waals surface area contributed by atoms with Gasteiger partial charge >= 0.3 is 0 Å². The van der Waals surface area contributed by atoms with E-state index in [1.807, 2.05) is 6.26 Å². The van der Waals surface area contributed by atoms with E-state index in [-0.39, 0.29) is 0 Å². The molecule has 0 spiro atoms. The van der Waals surface area contributed by atoms with E-state index in [1.54, 1.807) is 0 Å². The first-order valence-electron chi connectivity index (χ1n) is 7.28. The highest BCUT2D eigenvalue weighted by Gasteiger charge is 2.24. The Kier molecular flexibility index (Phi) is 5.43. The molecule has 1 aromatic heterocycles. The zero-order valence-electron chi connectivity index (χ0n) is 11.9. The highest BCUT2D eigenvalue weighted by atomic mass is 32.2. The van der Waals surface area contributed by atoms with Crippen LogP contribution >= 0.6 is 11.8 Å². The van der Waals surface area contributed by atoms with E-state index in [2.05, 4.69) is 21.9 Å². The lowest BCUT2D eigenvalue weighted by Gasteiger charge is -2.27. The Bertz CT molecular complexity index is 402. The van der Waals surface area contributed by atoms with Gasteiger partial charge in [-0.05, 0) is 37.9 Å². The highest BCUT2D eigenvalue weighted by molar-refractivity contribution is 7.98. The lowest BCUT2D eigenvalue weighted by Crippen LogP contribution is -2.16. The van der Waals surface area contributed by atoms with Crippen LogP contribution in [-0.4, -0.2) is 21.2 Å². The molecule has 2 N–H and O–H groups in total. The van der Waals surface area contributed by atoms with Crippen molar-refractivity contribution in [2.24, 2.45) is 5.92 Å². The van der Waals surface area contributed by atoms with E-state index in [0.29, 0.717) is 11.9 Å². The van der Waals surface area contributed by atoms with Gasteiger partial charge in [-0.15, -0.1) is 0 Å². The summed E-state index contributed by atoms with van der Waals surface area (Å²) in [5.74, 6) is 2.66. The molecule has 0 atom stereocenters. The Hall–Kier alpha value is -0.840. The minimum absolute atomic E-state index is 0.363. The number of rotatable bonds is 5. The molecule has 1 aliphatic rings. The molecule has 0 aromatic carbocycles. The SMILES string of the molecule is CCCCC1CCC(c2nc(N)nc(SC)n2)CC1. The molecule has 1 aromatic rings. The standard InChI is InChI=1S/C14H24N4S/c1-3-4-5-10-6-8-11(9-7-10)12-16-13(15)18-14(17-12)19-2/h10-11H,3-9H2,1-2H3,(H2,15,16,17,18). The number of anilines is 1. The number of nitrogen functional groups attached to an aromatic ring is 1. The normalized spacial score (nSPS) is 23.5. The van der Waals surface area contributed by atoms with E-state index in [9.17, 15) is 0 Å². The molecule has 5 heteroatoms. The third-order valence-corrected chi connectivity index (χ3v) is 4.56. The van der Waals surface area contributed by atoms with E-state index >= 15 is 0 Å². The maximum Gasteiger partial charge on any atom is 0.224 e. The summed E-state index contributed by atoms with van der Waals surface area (Å²) in [6, 6.07) is 0. The topological polar surface area (TPSA) is 64.7 Å². The van der Waals surface area contributed by atoms with Gasteiger partial charge in [0, 0.05) is 5.92 Å². The van der Waals surface area contributed by atoms with Gasteiger partial charge < -0.3 is 5.73 Å². The number of hydrogen-bond donors (Lipinski definition) is 1. The Morgan fingerprint density at radius 2 is 1.89 bits per heavy atom. The summed E-state index contributed by atoms with van der Waals surface area (Å²) in [6.45, 7) is 2.27. The smallest absolute Gasteiger partial charge is 0.224 e. The lowest BCUT2D eigenvalue weighted by molar-refractivity contribution is 0.297. The van der Waals surface area contributed by atoms with E-state index in [0.717, 1.165) is 16.9 Å². The average Bonchev–Trinajstić information content (AvgIpc) is 2.45. The molecule has 2 rings (SSSR count). The fourth-order valence-electron chi connectivity index (χ4n) is 2.86. The maximum absolute atomic E-state index is 5.76. The summed E-state index contributed by atoms with van der Waals surface area (Å²) < 4.78 is 0. The van der Waals surface area contributed by atoms with Crippen LogP contribution in [0.15, 0.2) is 5.16 Å². The summed E-state index contributed by atoms with van der Waals surface area (Å²) in [6.07, 6.45) is 11.1. The van der Waals surface area contributed by atoms with Crippen molar-refractivity contribution in [2.45, 2.75) is 62.9 Å². The van der Waals surface area contributed by atoms with E-state index in [1.165, 1.54) is 56.7 Å². The Morgan fingerprint density at radius 1 is 1.16 bits per heavy atom. The van der Waals surface area contributed by atoms with E-state index < -0.39 is 0 Å². The fourth-order valence-corrected chi connectivity index (χ4v) is 3.23. The van der Waals surface area contributed by atoms with Crippen LogP contribution in [0.3, 0.4) is 0 Å². The summed E-state index contributed by atoms with van der Waals surface area (Å²) >= 11 is 1.53. The number of aromatic nitrogens is 3. The molecule has 0 unspecified atom stereocenters. The molecule has 1 heterocycles. The summed E-state index contributed by atoms with van der Waals surface area (Å²) in [4.78, 5) is 13.0. The molecule has 0 bridgehead atoms. The first-order valence-corrected chi connectivity index (χ1v) is 8.50. The van der Waals surface area contributed by atoms with Gasteiger partial charge in [-0.1, -0.05) is 37.9 Å². The highest BCUT2D eigenvalue weighted by Crippen LogP contribution is 2.36. The molecule has 0 aliphatic heterocycles. The molecule has 4 nitrogen and oxygen atoms in total. The summed E-state index contributed by atoms with van der Waals surface area (Å²) in [5.41, 5.74) is 5.76. The summed E-state index contributed by atoms with van der Waals surface area (Å²) in [5, 5.41) is 0.746. The van der Waals surface area contributed by atoms with Crippen molar-refractivity contribution in [2.75, 3.05) is 12.0 Å². The first kappa shape index (κ1) is 14.6. The predicted octanol–water partition coefficient (Wildman–Crippen LogP) is 3.64. The Morgan fingerprint density at radius 3 is 2.53 bits per heavy atom. The molecule has 1 fully saturated rings. The van der Waals surface area contributed by atoms with Crippen molar-refractivity contribution in [3.63, 3.8) is 0 Å². The van der Waals surface area contributed by atoms with Crippen LogP contribution in [0.2, 0.25) is 0 Å². The number of nitrogens with two attached hydrogens (primary N) is 1. The second-order valence-corrected chi connectivity index (χ2v) is 6.17. The van der Waals surface area contributed by atoms with Gasteiger partial charge in [0.2, 0.25) is 5.95 Å². The van der Waals surface area contributed by atoms with Gasteiger partial charge in [0.25, 0.3) is 0 Å². The lowest BCUT2D eigenvalue weighted by atomic mass is 9.79. The molecular formula is C14H24N4S. The van der Waals surface area contributed by atoms with Crippen LogP contribution in [0.25, 0.3) is 0 Å². The number of thioether (sulfide) groups is 1. The zero-order valence-corrected chi connectivity index (χ0v) is 12.7. The van der Waals surface area contributed by atoms with Crippen LogP contribution in [0.1, 0.15) is 63.6 Å². The predicted molar refractivity (Wildman–Crippen MR) is 80.2 cm³/mol. The quantitative estimate of drug-likeness (QED) is 0.834. The number of nitrogens with zero attached hydrogens (tertiary/aromatic N) is 3. The van der Waals surface area contributed by atoms with Crippen LogP contribution < -0.4 is 5.73 Å². The van der Waals surface area contributed by atoms with Crippen LogP contribution in [-0.2, 0) is 0 Å². The molecular weight excluding hydrogens is 256 g/mol. The number of hydrogen-bond acceptors (Lipinski definition) is 5. The molecule has 0 amide bonds. The average molecular weight is 280 g/mol. The zero-order chi connectivity index (χ0) is 13.7. The van der Waals surface area contributed by atoms with Crippen molar-refractivity contribution < 1.29 is 0 Å². The molecule has 106 valence electrons. The maximum atomic E-state index is 5.76.